The van der Waals surface area contributed by atoms with Gasteiger partial charge in [0.2, 0.25) is 0 Å². The van der Waals surface area contributed by atoms with Gasteiger partial charge in [0.15, 0.2) is 5.78 Å². The first kappa shape index (κ1) is 30.3. The Hall–Kier alpha value is -2.17. The minimum atomic E-state index is -4.94. The molecule has 0 aliphatic heterocycles. The maximum atomic E-state index is 14.5. The third-order valence-electron chi connectivity index (χ3n) is 13.5. The Morgan fingerprint density at radius 3 is 2.22 bits per heavy atom. The molecule has 0 bridgehead atoms. The van der Waals surface area contributed by atoms with E-state index in [1.165, 1.54) is 0 Å². The van der Waals surface area contributed by atoms with Crippen molar-refractivity contribution < 1.29 is 27.6 Å². The molecule has 0 heterocycles. The maximum absolute atomic E-state index is 14.5. The summed E-state index contributed by atoms with van der Waals surface area (Å²) in [5, 5.41) is 12.1. The summed E-state index contributed by atoms with van der Waals surface area (Å²) in [4.78, 5) is 39.6. The van der Waals surface area contributed by atoms with Crippen molar-refractivity contribution >= 4 is 17.5 Å². The molecule has 0 saturated heterocycles. The van der Waals surface area contributed by atoms with Gasteiger partial charge in [-0.05, 0) is 89.8 Å². The highest BCUT2D eigenvalue weighted by atomic mass is 19.4. The minimum Gasteiger partial charge on any atom is -0.348 e. The number of rotatable bonds is 2. The number of hydrogen-bond donors (Lipinski definition) is 1. The number of allylic oxidation sites excluding steroid dienone is 2. The minimum absolute atomic E-state index is 0.0134. The molecule has 0 aromatic rings. The fourth-order valence-corrected chi connectivity index (χ4v) is 11.1. The van der Waals surface area contributed by atoms with E-state index in [9.17, 15) is 32.8 Å². The number of nitrogens with zero attached hydrogens (tertiary/aromatic N) is 1. The smallest absolute Gasteiger partial charge is 0.348 e. The number of hydrogen-bond acceptors (Lipinski definition) is 4. The molecule has 0 radical (unpaired) electrons. The predicted molar refractivity (Wildman–Crippen MR) is 148 cm³/mol. The molecule has 0 spiro atoms. The topological polar surface area (TPSA) is 87.0 Å². The van der Waals surface area contributed by atoms with E-state index in [0.717, 1.165) is 25.7 Å². The lowest BCUT2D eigenvalue weighted by Gasteiger charge is -2.72. The number of ketones is 2. The average molecular weight is 575 g/mol. The normalized spacial score (nSPS) is 44.8. The van der Waals surface area contributed by atoms with Crippen LogP contribution in [0.1, 0.15) is 99.8 Å². The lowest BCUT2D eigenvalue weighted by atomic mass is 9.31. The molecule has 5 nitrogen and oxygen atoms in total. The first-order valence-electron chi connectivity index (χ1n) is 15.2. The van der Waals surface area contributed by atoms with E-state index in [0.29, 0.717) is 25.7 Å². The number of alkyl halides is 3. The quantitative estimate of drug-likeness (QED) is 0.386. The highest BCUT2D eigenvalue weighted by Crippen LogP contribution is 2.75. The SMILES string of the molecule is CC1(C)CC[C@]2(CNC(=O)C(F)(F)F)CC[C@]3(C)C(C(=O)CC4[C@@]5(C)C=C(C#N)C(=O)C(C)(C)C5CC[C@]43C)C2C1. The zero-order valence-corrected chi connectivity index (χ0v) is 25.6. The number of nitriles is 1. The van der Waals surface area contributed by atoms with Crippen molar-refractivity contribution in [3.05, 3.63) is 11.6 Å². The van der Waals surface area contributed by atoms with Crippen LogP contribution in [0.5, 0.6) is 0 Å². The Kier molecular flexibility index (Phi) is 6.59. The van der Waals surface area contributed by atoms with Crippen LogP contribution in [0, 0.1) is 67.5 Å². The number of Topliss-reactive ketones (excluding diaryl/α,β-unsaturated/α-hetero) is 2. The van der Waals surface area contributed by atoms with E-state index in [2.05, 4.69) is 46.0 Å². The van der Waals surface area contributed by atoms with Crippen LogP contribution in [0.3, 0.4) is 0 Å². The molecule has 4 fully saturated rings. The number of halogens is 3. The highest BCUT2D eigenvalue weighted by molar-refractivity contribution is 6.04. The van der Waals surface area contributed by atoms with E-state index in [-0.39, 0.29) is 63.6 Å². The van der Waals surface area contributed by atoms with Gasteiger partial charge in [0.05, 0.1) is 5.57 Å². The van der Waals surface area contributed by atoms with Gasteiger partial charge in [0.1, 0.15) is 11.9 Å². The molecule has 226 valence electrons. The Morgan fingerprint density at radius 2 is 1.61 bits per heavy atom. The number of carbonyl (C=O) groups is 3. The first-order chi connectivity index (χ1) is 18.7. The van der Waals surface area contributed by atoms with Gasteiger partial charge in [-0.1, -0.05) is 54.5 Å². The molecule has 5 aliphatic rings. The van der Waals surface area contributed by atoms with E-state index in [4.69, 9.17) is 0 Å². The largest absolute Gasteiger partial charge is 0.471 e. The molecule has 41 heavy (non-hydrogen) atoms. The molecule has 0 aromatic heterocycles. The van der Waals surface area contributed by atoms with Crippen molar-refractivity contribution in [1.82, 2.24) is 5.32 Å². The second-order valence-corrected chi connectivity index (χ2v) is 16.2. The average Bonchev–Trinajstić information content (AvgIpc) is 2.86. The first-order valence-corrected chi connectivity index (χ1v) is 15.2. The zero-order valence-electron chi connectivity index (χ0n) is 25.6. The van der Waals surface area contributed by atoms with Gasteiger partial charge in [0, 0.05) is 24.3 Å². The summed E-state index contributed by atoms with van der Waals surface area (Å²) in [5.41, 5.74) is -2.26. The summed E-state index contributed by atoms with van der Waals surface area (Å²) in [6.45, 7) is 14.9. The Morgan fingerprint density at radius 1 is 0.976 bits per heavy atom. The molecule has 1 amide bonds. The summed E-state index contributed by atoms with van der Waals surface area (Å²) in [6.07, 6.45) is 2.59. The van der Waals surface area contributed by atoms with Crippen LogP contribution in [-0.2, 0) is 14.4 Å². The Balaban J connectivity index is 1.57. The number of nitrogens with one attached hydrogen (secondary N) is 1. The molecule has 4 saturated carbocycles. The summed E-state index contributed by atoms with van der Waals surface area (Å²) in [7, 11) is 0. The van der Waals surface area contributed by atoms with Crippen LogP contribution < -0.4 is 5.32 Å². The molecule has 5 rings (SSSR count). The summed E-state index contributed by atoms with van der Waals surface area (Å²) < 4.78 is 39.5. The van der Waals surface area contributed by atoms with Crippen molar-refractivity contribution in [2.24, 2.45) is 56.2 Å². The van der Waals surface area contributed by atoms with Gasteiger partial charge >= 0.3 is 12.1 Å². The third kappa shape index (κ3) is 4.10. The lowest BCUT2D eigenvalue weighted by molar-refractivity contribution is -0.222. The Bertz CT molecular complexity index is 1260. The van der Waals surface area contributed by atoms with Gasteiger partial charge in [0.25, 0.3) is 0 Å². The third-order valence-corrected chi connectivity index (χ3v) is 13.5. The lowest BCUT2D eigenvalue weighted by Crippen LogP contribution is -2.69. The van der Waals surface area contributed by atoms with Crippen LogP contribution >= 0.6 is 0 Å². The molecule has 4 unspecified atom stereocenters. The van der Waals surface area contributed by atoms with Gasteiger partial charge in [-0.3, -0.25) is 14.4 Å². The maximum Gasteiger partial charge on any atom is 0.471 e. The van der Waals surface area contributed by atoms with Gasteiger partial charge in [-0.2, -0.15) is 18.4 Å². The second-order valence-electron chi connectivity index (χ2n) is 16.2. The summed E-state index contributed by atoms with van der Waals surface area (Å²) >= 11 is 0. The molecular formula is C33H45F3N2O3. The van der Waals surface area contributed by atoms with Gasteiger partial charge in [-0.25, -0.2) is 0 Å². The number of carbonyl (C=O) groups excluding carboxylic acids is 3. The number of amides is 1. The Labute approximate surface area is 242 Å². The molecule has 5 aliphatic carbocycles. The summed E-state index contributed by atoms with van der Waals surface area (Å²) in [5.74, 6) is -2.34. The van der Waals surface area contributed by atoms with E-state index >= 15 is 0 Å². The van der Waals surface area contributed by atoms with Crippen LogP contribution in [0.15, 0.2) is 11.6 Å². The van der Waals surface area contributed by atoms with Crippen molar-refractivity contribution in [2.45, 2.75) is 106 Å². The van der Waals surface area contributed by atoms with Gasteiger partial charge in [-0.15, -0.1) is 0 Å². The molecule has 8 heteroatoms. The van der Waals surface area contributed by atoms with E-state index in [1.54, 1.807) is 0 Å². The predicted octanol–water partition coefficient (Wildman–Crippen LogP) is 6.96. The zero-order chi connectivity index (χ0) is 30.6. The second kappa shape index (κ2) is 8.92. The highest BCUT2D eigenvalue weighted by Gasteiger charge is 2.72. The molecule has 8 atom stereocenters. The summed E-state index contributed by atoms with van der Waals surface area (Å²) in [6, 6.07) is 2.15. The van der Waals surface area contributed by atoms with Crippen molar-refractivity contribution in [3.63, 3.8) is 0 Å². The van der Waals surface area contributed by atoms with Crippen molar-refractivity contribution in [2.75, 3.05) is 6.54 Å². The van der Waals surface area contributed by atoms with Crippen molar-refractivity contribution in [3.8, 4) is 6.07 Å². The van der Waals surface area contributed by atoms with Gasteiger partial charge < -0.3 is 5.32 Å². The van der Waals surface area contributed by atoms with Crippen LogP contribution in [0.4, 0.5) is 13.2 Å². The van der Waals surface area contributed by atoms with Crippen LogP contribution in [0.25, 0.3) is 0 Å². The van der Waals surface area contributed by atoms with Crippen LogP contribution in [-0.4, -0.2) is 30.2 Å². The molecular weight excluding hydrogens is 529 g/mol. The van der Waals surface area contributed by atoms with Crippen molar-refractivity contribution in [1.29, 1.82) is 5.26 Å². The number of fused-ring (bicyclic) bond motifs is 7. The monoisotopic (exact) mass is 574 g/mol. The fourth-order valence-electron chi connectivity index (χ4n) is 11.1. The van der Waals surface area contributed by atoms with E-state index in [1.807, 2.05) is 19.9 Å². The van der Waals surface area contributed by atoms with E-state index < -0.39 is 28.3 Å². The fraction of sp³-hybridized carbons (Fsp3) is 0.818. The molecule has 0 aromatic carbocycles. The molecule has 1 N–H and O–H groups in total. The van der Waals surface area contributed by atoms with Crippen LogP contribution in [0.2, 0.25) is 0 Å². The standard InChI is InChI=1S/C33H45F3N2O3/c1-27(2)10-12-32(18-38-26(41)33(34,35)36)13-11-31(7)24(20(32)16-27)21(39)14-23-29(5)15-19(17-37)25(40)28(3,4)22(29)8-9-30(23,31)6/h15,20,22-24H,8-14,16,18H2,1-7H3,(H,38,41)/t20?,22?,23?,24?,29-,30+,31+,32+/m0/s1.